The number of halogens is 6. The number of urea groups is 1. The zero-order valence-corrected chi connectivity index (χ0v) is 13.7. The summed E-state index contributed by atoms with van der Waals surface area (Å²) in [5, 5.41) is 2.32. The minimum atomic E-state index is -5.49. The number of amides is 2. The molecule has 0 unspecified atom stereocenters. The van der Waals surface area contributed by atoms with Crippen molar-refractivity contribution in [1.82, 2.24) is 15.2 Å². The highest BCUT2D eigenvalue weighted by molar-refractivity contribution is 5.74. The summed E-state index contributed by atoms with van der Waals surface area (Å²) in [7, 11) is 0. The molecule has 0 aromatic carbocycles. The molecule has 1 fully saturated rings. The lowest BCUT2D eigenvalue weighted by Gasteiger charge is -2.33. The number of hydrogen-bond donors (Lipinski definition) is 1. The smallest absolute Gasteiger partial charge is 0.404 e. The third-order valence-electron chi connectivity index (χ3n) is 4.18. The van der Waals surface area contributed by atoms with Crippen LogP contribution in [-0.4, -0.2) is 48.0 Å². The van der Waals surface area contributed by atoms with Crippen LogP contribution in [0.2, 0.25) is 0 Å². The van der Waals surface area contributed by atoms with Crippen molar-refractivity contribution in [2.75, 3.05) is 19.7 Å². The van der Waals surface area contributed by atoms with E-state index in [1.54, 1.807) is 13.0 Å². The molecule has 0 bridgehead atoms. The quantitative estimate of drug-likeness (QED) is 0.808. The number of hydrogen-bond acceptors (Lipinski definition) is 3. The summed E-state index contributed by atoms with van der Waals surface area (Å²) in [4.78, 5) is 16.4. The SMILES string of the molecule is CCOc1cc(CNC(=O)N2CCC(C(F)(F)F)(C(F)(F)F)C2)ccn1. The Hall–Kier alpha value is -2.20. The van der Waals surface area contributed by atoms with Crippen molar-refractivity contribution in [2.24, 2.45) is 5.41 Å². The number of nitrogens with one attached hydrogen (secondary N) is 1. The van der Waals surface area contributed by atoms with Crippen LogP contribution in [0.15, 0.2) is 18.3 Å². The molecule has 1 aromatic rings. The molecule has 1 aliphatic heterocycles. The zero-order chi connectivity index (χ0) is 19.6. The first-order valence-electron chi connectivity index (χ1n) is 7.74. The van der Waals surface area contributed by atoms with E-state index in [0.29, 0.717) is 23.0 Å². The van der Waals surface area contributed by atoms with E-state index in [0.717, 1.165) is 0 Å². The van der Waals surface area contributed by atoms with Crippen LogP contribution in [0.3, 0.4) is 0 Å². The van der Waals surface area contributed by atoms with E-state index in [4.69, 9.17) is 4.74 Å². The first-order chi connectivity index (χ1) is 12.0. The van der Waals surface area contributed by atoms with Gasteiger partial charge < -0.3 is 15.0 Å². The van der Waals surface area contributed by atoms with Gasteiger partial charge in [-0.2, -0.15) is 26.3 Å². The lowest BCUT2D eigenvalue weighted by Crippen LogP contribution is -2.52. The molecule has 1 aromatic heterocycles. The Morgan fingerprint density at radius 1 is 1.31 bits per heavy atom. The Balaban J connectivity index is 2.02. The van der Waals surface area contributed by atoms with Crippen LogP contribution < -0.4 is 10.1 Å². The molecule has 146 valence electrons. The second-order valence-corrected chi connectivity index (χ2v) is 5.84. The number of nitrogens with zero attached hydrogens (tertiary/aromatic N) is 2. The van der Waals surface area contributed by atoms with Crippen molar-refractivity contribution in [3.8, 4) is 5.88 Å². The lowest BCUT2D eigenvalue weighted by atomic mass is 9.85. The van der Waals surface area contributed by atoms with Crippen LogP contribution in [0.25, 0.3) is 0 Å². The predicted molar refractivity (Wildman–Crippen MR) is 78.4 cm³/mol. The van der Waals surface area contributed by atoms with E-state index in [-0.39, 0.29) is 6.54 Å². The molecule has 11 heteroatoms. The first-order valence-corrected chi connectivity index (χ1v) is 7.74. The average Bonchev–Trinajstić information content (AvgIpc) is 3.00. The van der Waals surface area contributed by atoms with Gasteiger partial charge in [0.25, 0.3) is 0 Å². The van der Waals surface area contributed by atoms with Gasteiger partial charge >= 0.3 is 18.4 Å². The monoisotopic (exact) mass is 385 g/mol. The molecule has 2 amide bonds. The fourth-order valence-corrected chi connectivity index (χ4v) is 2.68. The van der Waals surface area contributed by atoms with Crippen LogP contribution in [0.1, 0.15) is 18.9 Å². The Morgan fingerprint density at radius 3 is 2.50 bits per heavy atom. The maximum absolute atomic E-state index is 13.0. The van der Waals surface area contributed by atoms with Gasteiger partial charge in [0, 0.05) is 31.9 Å². The Bertz CT molecular complexity index is 633. The highest BCUT2D eigenvalue weighted by Gasteiger charge is 2.72. The number of rotatable bonds is 4. The van der Waals surface area contributed by atoms with E-state index in [9.17, 15) is 31.1 Å². The van der Waals surface area contributed by atoms with Gasteiger partial charge in [-0.05, 0) is 25.0 Å². The van der Waals surface area contributed by atoms with Gasteiger partial charge in [0.1, 0.15) is 0 Å². The fourth-order valence-electron chi connectivity index (χ4n) is 2.68. The standard InChI is InChI=1S/C15H17F6N3O2/c1-2-26-11-7-10(3-5-22-11)8-23-12(25)24-6-4-13(9-24,14(16,17)18)15(19,20)21/h3,5,7H,2,4,6,8-9H2,1H3,(H,23,25). The van der Waals surface area contributed by atoms with E-state index in [1.807, 2.05) is 0 Å². The van der Waals surface area contributed by atoms with Crippen molar-refractivity contribution >= 4 is 6.03 Å². The van der Waals surface area contributed by atoms with Gasteiger partial charge in [-0.25, -0.2) is 9.78 Å². The third-order valence-corrected chi connectivity index (χ3v) is 4.18. The normalized spacial score (nSPS) is 17.3. The molecule has 0 radical (unpaired) electrons. The van der Waals surface area contributed by atoms with Gasteiger partial charge in [0.15, 0.2) is 5.41 Å². The zero-order valence-electron chi connectivity index (χ0n) is 13.7. The number of carbonyl (C=O) groups is 1. The number of carbonyl (C=O) groups excluding carboxylic acids is 1. The minimum absolute atomic E-state index is 0.0804. The number of aromatic nitrogens is 1. The molecule has 1 saturated heterocycles. The van der Waals surface area contributed by atoms with Crippen LogP contribution in [-0.2, 0) is 6.54 Å². The second kappa shape index (κ2) is 7.20. The highest BCUT2D eigenvalue weighted by Crippen LogP contribution is 2.55. The fraction of sp³-hybridized carbons (Fsp3) is 0.600. The number of alkyl halides is 6. The number of likely N-dealkylation sites (tertiary alicyclic amines) is 1. The average molecular weight is 385 g/mol. The molecule has 1 aliphatic rings. The largest absolute Gasteiger partial charge is 0.478 e. The van der Waals surface area contributed by atoms with Crippen molar-refractivity contribution in [1.29, 1.82) is 0 Å². The number of pyridine rings is 1. The van der Waals surface area contributed by atoms with Crippen LogP contribution in [0, 0.1) is 5.41 Å². The number of ether oxygens (including phenoxy) is 1. The molecule has 5 nitrogen and oxygen atoms in total. The summed E-state index contributed by atoms with van der Waals surface area (Å²) in [5.74, 6) is 0.300. The Kier molecular flexibility index (Phi) is 5.57. The summed E-state index contributed by atoms with van der Waals surface area (Å²) in [6.07, 6.45) is -10.8. The Labute approximate surface area is 145 Å². The minimum Gasteiger partial charge on any atom is -0.478 e. The first kappa shape index (κ1) is 20.1. The summed E-state index contributed by atoms with van der Waals surface area (Å²) >= 11 is 0. The summed E-state index contributed by atoms with van der Waals surface area (Å²) in [5.41, 5.74) is -3.34. The van der Waals surface area contributed by atoms with Crippen molar-refractivity contribution in [3.63, 3.8) is 0 Å². The molecular formula is C15H17F6N3O2. The molecule has 0 spiro atoms. The molecular weight excluding hydrogens is 368 g/mol. The van der Waals surface area contributed by atoms with Gasteiger partial charge in [0.2, 0.25) is 5.88 Å². The Morgan fingerprint density at radius 2 is 1.96 bits per heavy atom. The maximum Gasteiger partial charge on any atom is 0.404 e. The van der Waals surface area contributed by atoms with Crippen LogP contribution in [0.4, 0.5) is 31.1 Å². The molecule has 0 aliphatic carbocycles. The van der Waals surface area contributed by atoms with Gasteiger partial charge in [-0.1, -0.05) is 0 Å². The molecule has 0 atom stereocenters. The maximum atomic E-state index is 13.0. The van der Waals surface area contributed by atoms with Crippen molar-refractivity contribution in [2.45, 2.75) is 32.2 Å². The third kappa shape index (κ3) is 3.96. The van der Waals surface area contributed by atoms with Gasteiger partial charge in [-0.15, -0.1) is 0 Å². The van der Waals surface area contributed by atoms with Crippen LogP contribution in [0.5, 0.6) is 5.88 Å². The van der Waals surface area contributed by atoms with Crippen LogP contribution >= 0.6 is 0 Å². The van der Waals surface area contributed by atoms with Gasteiger partial charge in [-0.3, -0.25) is 0 Å². The molecule has 2 rings (SSSR count). The molecule has 2 heterocycles. The van der Waals surface area contributed by atoms with E-state index >= 15 is 0 Å². The lowest BCUT2D eigenvalue weighted by molar-refractivity contribution is -0.334. The summed E-state index contributed by atoms with van der Waals surface area (Å²) in [6.45, 7) is -0.0503. The highest BCUT2D eigenvalue weighted by atomic mass is 19.4. The van der Waals surface area contributed by atoms with E-state index in [1.165, 1.54) is 12.3 Å². The topological polar surface area (TPSA) is 54.5 Å². The van der Waals surface area contributed by atoms with Crippen molar-refractivity contribution in [3.05, 3.63) is 23.9 Å². The van der Waals surface area contributed by atoms with Gasteiger partial charge in [0.05, 0.1) is 6.61 Å². The molecule has 1 N–H and O–H groups in total. The molecule has 0 saturated carbocycles. The summed E-state index contributed by atoms with van der Waals surface area (Å²) < 4.78 is 83.3. The van der Waals surface area contributed by atoms with E-state index < -0.39 is 43.3 Å². The summed E-state index contributed by atoms with van der Waals surface area (Å²) in [6, 6.07) is 2.07. The predicted octanol–water partition coefficient (Wildman–Crippen LogP) is 3.51. The molecule has 26 heavy (non-hydrogen) atoms. The van der Waals surface area contributed by atoms with E-state index in [2.05, 4.69) is 10.3 Å². The van der Waals surface area contributed by atoms with Crippen molar-refractivity contribution < 1.29 is 35.9 Å². The second-order valence-electron chi connectivity index (χ2n) is 5.84.